The normalized spacial score (nSPS) is 19.9. The van der Waals surface area contributed by atoms with E-state index in [1.54, 1.807) is 26.2 Å². The number of aromatic amines is 1. The predicted molar refractivity (Wildman–Crippen MR) is 126 cm³/mol. The Morgan fingerprint density at radius 2 is 1.78 bits per heavy atom. The van der Waals surface area contributed by atoms with Gasteiger partial charge >= 0.3 is 0 Å². The Morgan fingerprint density at radius 1 is 1.09 bits per heavy atom. The molecule has 5 rings (SSSR count). The smallest absolute Gasteiger partial charge is 0.251 e. The summed E-state index contributed by atoms with van der Waals surface area (Å²) in [6.45, 7) is 2.49. The SMILES string of the molecule is CCN1C(=O)[C@H]2Cc3c([nH]c4ccccc34)[C@H](c3cc(OC)c(OC)c(OC)c3)N2C1=S. The van der Waals surface area contributed by atoms with Crippen LogP contribution in [0.2, 0.25) is 0 Å². The van der Waals surface area contributed by atoms with Crippen LogP contribution in [-0.2, 0) is 11.2 Å². The third-order valence-corrected chi connectivity index (χ3v) is 6.88. The van der Waals surface area contributed by atoms with Crippen molar-refractivity contribution in [1.29, 1.82) is 0 Å². The van der Waals surface area contributed by atoms with Crippen LogP contribution < -0.4 is 14.2 Å². The second-order valence-electron chi connectivity index (χ2n) is 7.92. The van der Waals surface area contributed by atoms with E-state index < -0.39 is 0 Å². The van der Waals surface area contributed by atoms with Gasteiger partial charge in [0.2, 0.25) is 5.75 Å². The fourth-order valence-electron chi connectivity index (χ4n) is 5.03. The average molecular weight is 452 g/mol. The third kappa shape index (κ3) is 2.79. The lowest BCUT2D eigenvalue weighted by molar-refractivity contribution is -0.128. The van der Waals surface area contributed by atoms with Crippen molar-refractivity contribution in [1.82, 2.24) is 14.8 Å². The molecule has 0 radical (unpaired) electrons. The third-order valence-electron chi connectivity index (χ3n) is 6.45. The van der Waals surface area contributed by atoms with Gasteiger partial charge in [-0.3, -0.25) is 9.69 Å². The topological polar surface area (TPSA) is 67.0 Å². The van der Waals surface area contributed by atoms with Gasteiger partial charge in [0, 0.05) is 29.6 Å². The summed E-state index contributed by atoms with van der Waals surface area (Å²) in [6.07, 6.45) is 0.607. The van der Waals surface area contributed by atoms with E-state index in [0.717, 1.165) is 27.7 Å². The van der Waals surface area contributed by atoms with Gasteiger partial charge in [-0.1, -0.05) is 18.2 Å². The minimum atomic E-state index is -0.349. The molecular formula is C24H25N3O4S. The molecule has 166 valence electrons. The maximum atomic E-state index is 13.3. The maximum absolute atomic E-state index is 13.3. The molecule has 2 aromatic carbocycles. The Morgan fingerprint density at radius 3 is 2.41 bits per heavy atom. The van der Waals surface area contributed by atoms with Crippen LogP contribution in [0.25, 0.3) is 10.9 Å². The first kappa shape index (κ1) is 20.6. The molecule has 7 nitrogen and oxygen atoms in total. The number of para-hydroxylation sites is 1. The number of fused-ring (bicyclic) bond motifs is 4. The second-order valence-corrected chi connectivity index (χ2v) is 8.28. The molecular weight excluding hydrogens is 426 g/mol. The summed E-state index contributed by atoms with van der Waals surface area (Å²) in [5.41, 5.74) is 4.13. The molecule has 3 aromatic rings. The molecule has 8 heteroatoms. The lowest BCUT2D eigenvalue weighted by Gasteiger charge is -2.37. The highest BCUT2D eigenvalue weighted by Gasteiger charge is 2.50. The zero-order valence-electron chi connectivity index (χ0n) is 18.5. The van der Waals surface area contributed by atoms with E-state index in [-0.39, 0.29) is 18.0 Å². The Labute approximate surface area is 191 Å². The van der Waals surface area contributed by atoms with Crippen LogP contribution >= 0.6 is 12.2 Å². The molecule has 1 aromatic heterocycles. The van der Waals surface area contributed by atoms with Gasteiger partial charge in [0.05, 0.1) is 27.4 Å². The molecule has 1 N–H and O–H groups in total. The first-order valence-corrected chi connectivity index (χ1v) is 11.0. The van der Waals surface area contributed by atoms with E-state index in [1.807, 2.05) is 31.2 Å². The van der Waals surface area contributed by atoms with Gasteiger partial charge in [-0.05, 0) is 48.5 Å². The highest BCUT2D eigenvalue weighted by molar-refractivity contribution is 7.80. The van der Waals surface area contributed by atoms with E-state index in [2.05, 4.69) is 22.0 Å². The molecule has 2 atom stereocenters. The molecule has 0 unspecified atom stereocenters. The molecule has 1 amide bonds. The number of hydrogen-bond acceptors (Lipinski definition) is 5. The molecule has 2 aliphatic rings. The zero-order chi connectivity index (χ0) is 22.6. The van der Waals surface area contributed by atoms with Crippen LogP contribution in [-0.4, -0.2) is 59.7 Å². The molecule has 0 aliphatic carbocycles. The summed E-state index contributed by atoms with van der Waals surface area (Å²) in [7, 11) is 4.78. The quantitative estimate of drug-likeness (QED) is 0.598. The Balaban J connectivity index is 1.77. The molecule has 1 saturated heterocycles. The minimum absolute atomic E-state index is 0.0471. The number of amides is 1. The van der Waals surface area contributed by atoms with Crippen LogP contribution in [0.1, 0.15) is 29.8 Å². The van der Waals surface area contributed by atoms with Crippen molar-refractivity contribution in [3.05, 3.63) is 53.2 Å². The first-order chi connectivity index (χ1) is 15.5. The van der Waals surface area contributed by atoms with Crippen molar-refractivity contribution in [3.63, 3.8) is 0 Å². The number of rotatable bonds is 5. The lowest BCUT2D eigenvalue weighted by Crippen LogP contribution is -2.44. The first-order valence-electron chi connectivity index (χ1n) is 10.6. The molecule has 3 heterocycles. The van der Waals surface area contributed by atoms with E-state index in [1.165, 1.54) is 0 Å². The molecule has 0 spiro atoms. The minimum Gasteiger partial charge on any atom is -0.493 e. The molecule has 1 fully saturated rings. The van der Waals surface area contributed by atoms with Crippen LogP contribution in [0.4, 0.5) is 0 Å². The van der Waals surface area contributed by atoms with Gasteiger partial charge < -0.3 is 24.1 Å². The summed E-state index contributed by atoms with van der Waals surface area (Å²) in [5.74, 6) is 1.69. The van der Waals surface area contributed by atoms with E-state index in [0.29, 0.717) is 35.3 Å². The summed E-state index contributed by atoms with van der Waals surface area (Å²) in [6, 6.07) is 11.4. The summed E-state index contributed by atoms with van der Waals surface area (Å²) >= 11 is 5.80. The van der Waals surface area contributed by atoms with Crippen molar-refractivity contribution in [2.75, 3.05) is 27.9 Å². The lowest BCUT2D eigenvalue weighted by atomic mass is 9.88. The fourth-order valence-corrected chi connectivity index (χ4v) is 5.48. The Kier molecular flexibility index (Phi) is 4.97. The van der Waals surface area contributed by atoms with E-state index >= 15 is 0 Å². The van der Waals surface area contributed by atoms with Gasteiger partial charge in [0.25, 0.3) is 5.91 Å². The van der Waals surface area contributed by atoms with Crippen LogP contribution in [0, 0.1) is 0 Å². The zero-order valence-corrected chi connectivity index (χ0v) is 19.3. The van der Waals surface area contributed by atoms with Crippen molar-refractivity contribution in [2.45, 2.75) is 25.4 Å². The Bertz CT molecular complexity index is 1210. The number of methoxy groups -OCH3 is 3. The van der Waals surface area contributed by atoms with Crippen molar-refractivity contribution < 1.29 is 19.0 Å². The number of ether oxygens (including phenoxy) is 3. The maximum Gasteiger partial charge on any atom is 0.251 e. The summed E-state index contributed by atoms with van der Waals surface area (Å²) < 4.78 is 16.7. The highest BCUT2D eigenvalue weighted by atomic mass is 32.1. The number of thiocarbonyl (C=S) groups is 1. The number of nitrogens with one attached hydrogen (secondary N) is 1. The monoisotopic (exact) mass is 451 g/mol. The van der Waals surface area contributed by atoms with Crippen LogP contribution in [0.15, 0.2) is 36.4 Å². The number of benzene rings is 2. The number of likely N-dealkylation sites (N-methyl/N-ethyl adjacent to an activating group) is 1. The van der Waals surface area contributed by atoms with Crippen molar-refractivity contribution in [3.8, 4) is 17.2 Å². The Hall–Kier alpha value is -3.26. The number of carbonyl (C=O) groups excluding carboxylic acids is 1. The summed E-state index contributed by atoms with van der Waals surface area (Å²) in [4.78, 5) is 20.6. The molecule has 0 bridgehead atoms. The number of carbonyl (C=O) groups is 1. The highest BCUT2D eigenvalue weighted by Crippen LogP contribution is 2.47. The van der Waals surface area contributed by atoms with Crippen molar-refractivity contribution >= 4 is 34.1 Å². The van der Waals surface area contributed by atoms with Gasteiger partial charge in [0.15, 0.2) is 16.6 Å². The number of aromatic nitrogens is 1. The fraction of sp³-hybridized carbons (Fsp3) is 0.333. The molecule has 2 aliphatic heterocycles. The van der Waals surface area contributed by atoms with Crippen LogP contribution in [0.5, 0.6) is 17.2 Å². The standard InChI is InChI=1S/C24H25N3O4S/c1-5-26-23(28)17-12-15-14-8-6-7-9-16(14)25-20(15)21(27(17)24(26)32)13-10-18(29-2)22(31-4)19(11-13)30-3/h6-11,17,21,25H,5,12H2,1-4H3/t17-,21+/m1/s1. The van der Waals surface area contributed by atoms with Gasteiger partial charge in [-0.15, -0.1) is 0 Å². The predicted octanol–water partition coefficient (Wildman–Crippen LogP) is 3.66. The van der Waals surface area contributed by atoms with Gasteiger partial charge in [-0.2, -0.15) is 0 Å². The number of nitrogens with zero attached hydrogens (tertiary/aromatic N) is 2. The summed E-state index contributed by atoms with van der Waals surface area (Å²) in [5, 5.41) is 1.68. The van der Waals surface area contributed by atoms with E-state index in [4.69, 9.17) is 26.4 Å². The average Bonchev–Trinajstić information content (AvgIpc) is 3.31. The van der Waals surface area contributed by atoms with Gasteiger partial charge in [0.1, 0.15) is 6.04 Å². The van der Waals surface area contributed by atoms with E-state index in [9.17, 15) is 4.79 Å². The number of H-pyrrole nitrogens is 1. The van der Waals surface area contributed by atoms with Gasteiger partial charge in [-0.25, -0.2) is 0 Å². The van der Waals surface area contributed by atoms with Crippen molar-refractivity contribution in [2.24, 2.45) is 0 Å². The van der Waals surface area contributed by atoms with Crippen LogP contribution in [0.3, 0.4) is 0 Å². The second kappa shape index (κ2) is 7.70. The number of hydrogen-bond donors (Lipinski definition) is 1. The molecule has 0 saturated carbocycles. The largest absolute Gasteiger partial charge is 0.493 e. The molecule has 32 heavy (non-hydrogen) atoms.